The van der Waals surface area contributed by atoms with Gasteiger partial charge < -0.3 is 5.73 Å². The molecule has 0 aliphatic carbocycles. The van der Waals surface area contributed by atoms with Crippen molar-refractivity contribution in [3.63, 3.8) is 0 Å². The van der Waals surface area contributed by atoms with Crippen molar-refractivity contribution in [2.75, 3.05) is 10.5 Å². The van der Waals surface area contributed by atoms with E-state index in [9.17, 15) is 8.42 Å². The summed E-state index contributed by atoms with van der Waals surface area (Å²) >= 11 is 5.65. The molecule has 0 unspecified atom stereocenters. The van der Waals surface area contributed by atoms with Crippen LogP contribution < -0.4 is 10.5 Å². The topological polar surface area (TPSA) is 85.1 Å². The van der Waals surface area contributed by atoms with Gasteiger partial charge in [-0.3, -0.25) is 4.72 Å². The number of benzene rings is 1. The lowest BCUT2D eigenvalue weighted by atomic mass is 10.1. The Kier molecular flexibility index (Phi) is 4.15. The molecule has 0 spiro atoms. The fourth-order valence-electron chi connectivity index (χ4n) is 1.71. The van der Waals surface area contributed by atoms with E-state index in [1.807, 2.05) is 6.92 Å². The maximum Gasteiger partial charge on any atom is 0.262 e. The third-order valence-electron chi connectivity index (χ3n) is 2.79. The summed E-state index contributed by atoms with van der Waals surface area (Å²) in [6.07, 6.45) is 2.10. The summed E-state index contributed by atoms with van der Waals surface area (Å²) in [5, 5.41) is 0.296. The van der Waals surface area contributed by atoms with E-state index >= 15 is 0 Å². The van der Waals surface area contributed by atoms with Gasteiger partial charge in [-0.2, -0.15) is 0 Å². The largest absolute Gasteiger partial charge is 0.398 e. The van der Waals surface area contributed by atoms with Crippen LogP contribution in [0.2, 0.25) is 5.15 Å². The molecule has 0 amide bonds. The van der Waals surface area contributed by atoms with Crippen molar-refractivity contribution >= 4 is 33.0 Å². The number of aromatic nitrogens is 1. The van der Waals surface area contributed by atoms with Gasteiger partial charge >= 0.3 is 0 Å². The number of sulfonamides is 1. The molecule has 0 radical (unpaired) electrons. The molecule has 3 N–H and O–H groups in total. The highest BCUT2D eigenvalue weighted by Crippen LogP contribution is 2.21. The molecule has 0 aliphatic heterocycles. The van der Waals surface area contributed by atoms with Gasteiger partial charge in [0, 0.05) is 5.69 Å². The number of halogens is 1. The highest BCUT2D eigenvalue weighted by molar-refractivity contribution is 7.92. The average molecular weight is 312 g/mol. The summed E-state index contributed by atoms with van der Waals surface area (Å²) in [4.78, 5) is 3.93. The van der Waals surface area contributed by atoms with Gasteiger partial charge in [0.25, 0.3) is 10.0 Å². The molecule has 1 aromatic carbocycles. The van der Waals surface area contributed by atoms with Crippen LogP contribution in [-0.4, -0.2) is 13.4 Å². The molecule has 2 aromatic rings. The van der Waals surface area contributed by atoms with Gasteiger partial charge in [-0.15, -0.1) is 0 Å². The van der Waals surface area contributed by atoms with Gasteiger partial charge in [0.1, 0.15) is 5.15 Å². The second kappa shape index (κ2) is 5.68. The Morgan fingerprint density at radius 1 is 1.30 bits per heavy atom. The molecule has 0 bridgehead atoms. The van der Waals surface area contributed by atoms with Crippen LogP contribution in [0.25, 0.3) is 0 Å². The van der Waals surface area contributed by atoms with E-state index in [-0.39, 0.29) is 4.90 Å². The summed E-state index contributed by atoms with van der Waals surface area (Å²) in [6.45, 7) is 1.96. The molecule has 20 heavy (non-hydrogen) atoms. The number of nitrogens with two attached hydrogens (primary N) is 1. The second-order valence-corrected chi connectivity index (χ2v) is 6.26. The first-order chi connectivity index (χ1) is 9.42. The number of anilines is 2. The van der Waals surface area contributed by atoms with Crippen LogP contribution in [0.1, 0.15) is 12.5 Å². The van der Waals surface area contributed by atoms with E-state index in [4.69, 9.17) is 17.3 Å². The molecule has 106 valence electrons. The van der Waals surface area contributed by atoms with E-state index in [0.717, 1.165) is 12.0 Å². The number of nitrogen functional groups attached to an aromatic ring is 1. The fraction of sp³-hybridized carbons (Fsp3) is 0.154. The summed E-state index contributed by atoms with van der Waals surface area (Å²) in [6, 6.07) is 7.74. The number of hydrogen-bond donors (Lipinski definition) is 2. The van der Waals surface area contributed by atoms with Gasteiger partial charge in [0.2, 0.25) is 0 Å². The zero-order valence-electron chi connectivity index (χ0n) is 10.8. The monoisotopic (exact) mass is 311 g/mol. The van der Waals surface area contributed by atoms with Crippen LogP contribution in [0, 0.1) is 0 Å². The molecular weight excluding hydrogens is 298 g/mol. The zero-order chi connectivity index (χ0) is 14.8. The molecule has 0 saturated heterocycles. The number of aryl methyl sites for hydroxylation is 1. The number of nitrogens with zero attached hydrogens (tertiary/aromatic N) is 1. The summed E-state index contributed by atoms with van der Waals surface area (Å²) in [5.41, 5.74) is 7.54. The Labute approximate surface area is 122 Å². The van der Waals surface area contributed by atoms with Crippen molar-refractivity contribution in [2.24, 2.45) is 0 Å². The Hall–Kier alpha value is -1.79. The van der Waals surface area contributed by atoms with Crippen LogP contribution in [0.15, 0.2) is 41.4 Å². The minimum Gasteiger partial charge on any atom is -0.398 e. The van der Waals surface area contributed by atoms with Crippen molar-refractivity contribution in [3.05, 3.63) is 47.2 Å². The second-order valence-electron chi connectivity index (χ2n) is 4.19. The van der Waals surface area contributed by atoms with Crippen LogP contribution >= 0.6 is 11.6 Å². The molecule has 0 atom stereocenters. The van der Waals surface area contributed by atoms with E-state index in [1.54, 1.807) is 6.07 Å². The SMILES string of the molecule is CCc1ccc(S(=O)(=O)Nc2ccc(Cl)nc2)cc1N. The van der Waals surface area contributed by atoms with Crippen LogP contribution in [0.5, 0.6) is 0 Å². The zero-order valence-corrected chi connectivity index (χ0v) is 12.4. The molecule has 2 rings (SSSR count). The van der Waals surface area contributed by atoms with E-state index in [1.165, 1.54) is 30.5 Å². The number of nitrogens with one attached hydrogen (secondary N) is 1. The van der Waals surface area contributed by atoms with E-state index in [0.29, 0.717) is 16.5 Å². The average Bonchev–Trinajstić information content (AvgIpc) is 2.41. The predicted molar refractivity (Wildman–Crippen MR) is 80.3 cm³/mol. The van der Waals surface area contributed by atoms with E-state index in [2.05, 4.69) is 9.71 Å². The lowest BCUT2D eigenvalue weighted by Crippen LogP contribution is -2.13. The van der Waals surface area contributed by atoms with Crippen molar-refractivity contribution in [2.45, 2.75) is 18.2 Å². The van der Waals surface area contributed by atoms with Crippen molar-refractivity contribution < 1.29 is 8.42 Å². The first kappa shape index (κ1) is 14.6. The molecule has 1 aromatic heterocycles. The summed E-state index contributed by atoms with van der Waals surface area (Å²) < 4.78 is 26.8. The summed E-state index contributed by atoms with van der Waals surface area (Å²) in [7, 11) is -3.69. The molecule has 0 fully saturated rings. The molecular formula is C13H14ClN3O2S. The smallest absolute Gasteiger partial charge is 0.262 e. The van der Waals surface area contributed by atoms with Crippen LogP contribution in [0.4, 0.5) is 11.4 Å². The van der Waals surface area contributed by atoms with Gasteiger partial charge in [-0.05, 0) is 36.2 Å². The molecule has 5 nitrogen and oxygen atoms in total. The van der Waals surface area contributed by atoms with Crippen LogP contribution in [-0.2, 0) is 16.4 Å². The minimum atomic E-state index is -3.69. The highest BCUT2D eigenvalue weighted by Gasteiger charge is 2.15. The minimum absolute atomic E-state index is 0.113. The molecule has 0 saturated carbocycles. The number of pyridine rings is 1. The Morgan fingerprint density at radius 3 is 2.60 bits per heavy atom. The van der Waals surface area contributed by atoms with Gasteiger partial charge in [-0.1, -0.05) is 24.6 Å². The molecule has 7 heteroatoms. The maximum atomic E-state index is 12.2. The van der Waals surface area contributed by atoms with Crippen molar-refractivity contribution in [3.8, 4) is 0 Å². The van der Waals surface area contributed by atoms with Crippen molar-refractivity contribution in [1.82, 2.24) is 4.98 Å². The first-order valence-electron chi connectivity index (χ1n) is 5.95. The number of rotatable bonds is 4. The van der Waals surface area contributed by atoms with Crippen molar-refractivity contribution in [1.29, 1.82) is 0 Å². The Bertz CT molecular complexity index is 715. The fourth-order valence-corrected chi connectivity index (χ4v) is 2.90. The van der Waals surface area contributed by atoms with Crippen LogP contribution in [0.3, 0.4) is 0 Å². The van der Waals surface area contributed by atoms with Gasteiger partial charge in [0.05, 0.1) is 16.8 Å². The molecule has 1 heterocycles. The predicted octanol–water partition coefficient (Wildman–Crippen LogP) is 2.68. The van der Waals surface area contributed by atoms with Gasteiger partial charge in [-0.25, -0.2) is 13.4 Å². The lowest BCUT2D eigenvalue weighted by molar-refractivity contribution is 0.601. The first-order valence-corrected chi connectivity index (χ1v) is 7.81. The quantitative estimate of drug-likeness (QED) is 0.671. The standard InChI is InChI=1S/C13H14ClN3O2S/c1-2-9-3-5-11(7-12(9)15)20(18,19)17-10-4-6-13(14)16-8-10/h3-8,17H,2,15H2,1H3. The third-order valence-corrected chi connectivity index (χ3v) is 4.39. The highest BCUT2D eigenvalue weighted by atomic mass is 35.5. The maximum absolute atomic E-state index is 12.2. The van der Waals surface area contributed by atoms with Gasteiger partial charge in [0.15, 0.2) is 0 Å². The third kappa shape index (κ3) is 3.20. The normalized spacial score (nSPS) is 11.3. The number of hydrogen-bond acceptors (Lipinski definition) is 4. The van der Waals surface area contributed by atoms with E-state index < -0.39 is 10.0 Å². The Morgan fingerprint density at radius 2 is 2.05 bits per heavy atom. The summed E-state index contributed by atoms with van der Waals surface area (Å²) in [5.74, 6) is 0. The molecule has 0 aliphatic rings. The Balaban J connectivity index is 2.30. The lowest BCUT2D eigenvalue weighted by Gasteiger charge is -2.10.